The number of carbonyl (C=O) groups is 1. The maximum atomic E-state index is 12.7. The molecule has 0 unspecified atom stereocenters. The zero-order chi connectivity index (χ0) is 17.9. The highest BCUT2D eigenvalue weighted by Gasteiger charge is 2.44. The summed E-state index contributed by atoms with van der Waals surface area (Å²) in [4.78, 5) is 12.0. The SMILES string of the molecule is O=C(CNc1cccc(C(F)(F)F)c1)NCC1(c2ccccc2)CC1. The van der Waals surface area contributed by atoms with Crippen LogP contribution >= 0.6 is 0 Å². The lowest BCUT2D eigenvalue weighted by Crippen LogP contribution is -2.36. The molecule has 2 aromatic rings. The number of rotatable bonds is 6. The maximum Gasteiger partial charge on any atom is 0.416 e. The molecule has 3 rings (SSSR count). The smallest absolute Gasteiger partial charge is 0.376 e. The molecule has 1 amide bonds. The van der Waals surface area contributed by atoms with E-state index >= 15 is 0 Å². The van der Waals surface area contributed by atoms with Gasteiger partial charge < -0.3 is 10.6 Å². The Hall–Kier alpha value is -2.50. The van der Waals surface area contributed by atoms with Crippen LogP contribution in [-0.4, -0.2) is 19.0 Å². The second kappa shape index (κ2) is 6.78. The molecular formula is C19H19F3N2O. The van der Waals surface area contributed by atoms with E-state index in [0.717, 1.165) is 25.0 Å². The third-order valence-corrected chi connectivity index (χ3v) is 4.51. The van der Waals surface area contributed by atoms with Crippen LogP contribution in [0.1, 0.15) is 24.0 Å². The average Bonchev–Trinajstić information content (AvgIpc) is 3.40. The number of hydrogen-bond donors (Lipinski definition) is 2. The molecule has 0 bridgehead atoms. The third-order valence-electron chi connectivity index (χ3n) is 4.51. The monoisotopic (exact) mass is 348 g/mol. The van der Waals surface area contributed by atoms with Crippen molar-refractivity contribution in [2.24, 2.45) is 0 Å². The van der Waals surface area contributed by atoms with E-state index in [1.165, 1.54) is 17.7 Å². The fourth-order valence-corrected chi connectivity index (χ4v) is 2.83. The zero-order valence-corrected chi connectivity index (χ0v) is 13.6. The van der Waals surface area contributed by atoms with Gasteiger partial charge in [0.25, 0.3) is 0 Å². The van der Waals surface area contributed by atoms with Gasteiger partial charge in [-0.05, 0) is 36.6 Å². The molecular weight excluding hydrogens is 329 g/mol. The molecule has 25 heavy (non-hydrogen) atoms. The molecule has 132 valence electrons. The molecule has 0 spiro atoms. The van der Waals surface area contributed by atoms with E-state index in [4.69, 9.17) is 0 Å². The highest BCUT2D eigenvalue weighted by Crippen LogP contribution is 2.47. The van der Waals surface area contributed by atoms with E-state index in [2.05, 4.69) is 22.8 Å². The lowest BCUT2D eigenvalue weighted by molar-refractivity contribution is -0.137. The van der Waals surface area contributed by atoms with Crippen molar-refractivity contribution in [3.05, 3.63) is 65.7 Å². The van der Waals surface area contributed by atoms with Gasteiger partial charge in [0, 0.05) is 17.6 Å². The topological polar surface area (TPSA) is 41.1 Å². The van der Waals surface area contributed by atoms with Gasteiger partial charge in [-0.25, -0.2) is 0 Å². The first-order valence-corrected chi connectivity index (χ1v) is 8.12. The lowest BCUT2D eigenvalue weighted by atomic mass is 9.96. The number of benzene rings is 2. The van der Waals surface area contributed by atoms with Crippen molar-refractivity contribution in [1.82, 2.24) is 5.32 Å². The summed E-state index contributed by atoms with van der Waals surface area (Å²) in [6.07, 6.45) is -2.34. The van der Waals surface area contributed by atoms with E-state index in [9.17, 15) is 18.0 Å². The zero-order valence-electron chi connectivity index (χ0n) is 13.6. The number of carbonyl (C=O) groups excluding carboxylic acids is 1. The highest BCUT2D eigenvalue weighted by atomic mass is 19.4. The maximum absolute atomic E-state index is 12.7. The van der Waals surface area contributed by atoms with Gasteiger partial charge in [-0.15, -0.1) is 0 Å². The van der Waals surface area contributed by atoms with Crippen LogP contribution in [0.15, 0.2) is 54.6 Å². The number of halogens is 3. The van der Waals surface area contributed by atoms with Crippen molar-refractivity contribution in [1.29, 1.82) is 0 Å². The quantitative estimate of drug-likeness (QED) is 0.829. The molecule has 2 aromatic carbocycles. The summed E-state index contributed by atoms with van der Waals surface area (Å²) in [7, 11) is 0. The number of hydrogen-bond acceptors (Lipinski definition) is 2. The molecule has 3 nitrogen and oxygen atoms in total. The van der Waals surface area contributed by atoms with E-state index in [-0.39, 0.29) is 23.6 Å². The molecule has 1 fully saturated rings. The molecule has 6 heteroatoms. The van der Waals surface area contributed by atoms with E-state index in [1.807, 2.05) is 18.2 Å². The van der Waals surface area contributed by atoms with Gasteiger partial charge in [0.2, 0.25) is 5.91 Å². The Morgan fingerprint density at radius 2 is 1.76 bits per heavy atom. The molecule has 0 aliphatic heterocycles. The van der Waals surface area contributed by atoms with Crippen LogP contribution in [0.5, 0.6) is 0 Å². The molecule has 0 aromatic heterocycles. The molecule has 1 aliphatic carbocycles. The van der Waals surface area contributed by atoms with Crippen LogP contribution in [0.2, 0.25) is 0 Å². The molecule has 0 radical (unpaired) electrons. The minimum atomic E-state index is -4.39. The van der Waals surface area contributed by atoms with Crippen LogP contribution in [0, 0.1) is 0 Å². The predicted octanol–water partition coefficient (Wildman–Crippen LogP) is 3.97. The number of alkyl halides is 3. The van der Waals surface area contributed by atoms with Gasteiger partial charge in [-0.3, -0.25) is 4.79 Å². The Kier molecular flexibility index (Phi) is 4.70. The van der Waals surface area contributed by atoms with Gasteiger partial charge in [0.15, 0.2) is 0 Å². The van der Waals surface area contributed by atoms with Gasteiger partial charge in [0.1, 0.15) is 0 Å². The molecule has 0 atom stereocenters. The summed E-state index contributed by atoms with van der Waals surface area (Å²) in [5.41, 5.74) is 0.752. The third kappa shape index (κ3) is 4.32. The van der Waals surface area contributed by atoms with Gasteiger partial charge in [0.05, 0.1) is 12.1 Å². The molecule has 1 aliphatic rings. The van der Waals surface area contributed by atoms with E-state index in [0.29, 0.717) is 6.54 Å². The van der Waals surface area contributed by atoms with Crippen LogP contribution in [0.25, 0.3) is 0 Å². The molecule has 2 N–H and O–H groups in total. The normalized spacial score (nSPS) is 15.5. The summed E-state index contributed by atoms with van der Waals surface area (Å²) in [5, 5.41) is 5.62. The standard InChI is InChI=1S/C19H19F3N2O/c20-19(21,22)15-7-4-8-16(11-15)23-12-17(25)24-13-18(9-10-18)14-5-2-1-3-6-14/h1-8,11,23H,9-10,12-13H2,(H,24,25). The Labute approximate surface area is 144 Å². The van der Waals surface area contributed by atoms with Gasteiger partial charge in [-0.1, -0.05) is 36.4 Å². The summed E-state index contributed by atoms with van der Waals surface area (Å²) < 4.78 is 38.0. The first-order valence-electron chi connectivity index (χ1n) is 8.12. The second-order valence-corrected chi connectivity index (χ2v) is 6.36. The van der Waals surface area contributed by atoms with Crippen LogP contribution in [0.3, 0.4) is 0 Å². The molecule has 0 heterocycles. The Bertz CT molecular complexity index is 740. The fraction of sp³-hybridized carbons (Fsp3) is 0.316. The van der Waals surface area contributed by atoms with Crippen molar-refractivity contribution in [2.75, 3.05) is 18.4 Å². The van der Waals surface area contributed by atoms with Gasteiger partial charge in [-0.2, -0.15) is 13.2 Å². The number of anilines is 1. The predicted molar refractivity (Wildman–Crippen MR) is 90.3 cm³/mol. The van der Waals surface area contributed by atoms with Gasteiger partial charge >= 0.3 is 6.18 Å². The minimum Gasteiger partial charge on any atom is -0.376 e. The summed E-state index contributed by atoms with van der Waals surface area (Å²) in [6, 6.07) is 14.9. The summed E-state index contributed by atoms with van der Waals surface area (Å²) in [6.45, 7) is 0.478. The largest absolute Gasteiger partial charge is 0.416 e. The van der Waals surface area contributed by atoms with Crippen LogP contribution < -0.4 is 10.6 Å². The summed E-state index contributed by atoms with van der Waals surface area (Å²) in [5.74, 6) is -0.236. The number of amides is 1. The fourth-order valence-electron chi connectivity index (χ4n) is 2.83. The minimum absolute atomic E-state index is 0.00706. The Morgan fingerprint density at radius 3 is 2.40 bits per heavy atom. The van der Waals surface area contributed by atoms with Crippen molar-refractivity contribution >= 4 is 11.6 Å². The number of nitrogens with one attached hydrogen (secondary N) is 2. The van der Waals surface area contributed by atoms with Crippen molar-refractivity contribution < 1.29 is 18.0 Å². The average molecular weight is 348 g/mol. The van der Waals surface area contributed by atoms with Crippen molar-refractivity contribution in [2.45, 2.75) is 24.4 Å². The lowest BCUT2D eigenvalue weighted by Gasteiger charge is -2.17. The Balaban J connectivity index is 1.51. The summed E-state index contributed by atoms with van der Waals surface area (Å²) >= 11 is 0. The van der Waals surface area contributed by atoms with E-state index < -0.39 is 11.7 Å². The second-order valence-electron chi connectivity index (χ2n) is 6.36. The van der Waals surface area contributed by atoms with Crippen LogP contribution in [-0.2, 0) is 16.4 Å². The van der Waals surface area contributed by atoms with Crippen LogP contribution in [0.4, 0.5) is 18.9 Å². The highest BCUT2D eigenvalue weighted by molar-refractivity contribution is 5.80. The first kappa shape index (κ1) is 17.3. The van der Waals surface area contributed by atoms with E-state index in [1.54, 1.807) is 0 Å². The molecule has 1 saturated carbocycles. The Morgan fingerprint density at radius 1 is 1.04 bits per heavy atom. The van der Waals surface area contributed by atoms with Crippen molar-refractivity contribution in [3.63, 3.8) is 0 Å². The van der Waals surface area contributed by atoms with Crippen molar-refractivity contribution in [3.8, 4) is 0 Å². The molecule has 0 saturated heterocycles. The first-order chi connectivity index (χ1) is 11.9.